The molecule has 3 N–H and O–H groups in total. The van der Waals surface area contributed by atoms with Crippen molar-refractivity contribution >= 4 is 22.8 Å². The molecule has 0 bridgehead atoms. The van der Waals surface area contributed by atoms with Crippen molar-refractivity contribution in [2.75, 3.05) is 19.0 Å². The number of fused-ring (bicyclic) bond motifs is 1. The van der Waals surface area contributed by atoms with E-state index in [1.54, 1.807) is 19.6 Å². The number of oxazole rings is 1. The van der Waals surface area contributed by atoms with Gasteiger partial charge >= 0.3 is 0 Å². The first-order valence-corrected chi connectivity index (χ1v) is 14.6. The van der Waals surface area contributed by atoms with Crippen molar-refractivity contribution in [2.45, 2.75) is 56.4 Å². The van der Waals surface area contributed by atoms with Crippen LogP contribution in [0.2, 0.25) is 0 Å². The van der Waals surface area contributed by atoms with E-state index in [-0.39, 0.29) is 11.3 Å². The molecule has 3 heterocycles. The van der Waals surface area contributed by atoms with Crippen molar-refractivity contribution in [1.29, 1.82) is 0 Å². The van der Waals surface area contributed by atoms with E-state index < -0.39 is 5.54 Å². The maximum atomic E-state index is 14.2. The number of para-hydroxylation sites is 1. The van der Waals surface area contributed by atoms with Gasteiger partial charge in [-0.1, -0.05) is 67.8 Å². The number of H-pyrrole nitrogens is 1. The van der Waals surface area contributed by atoms with E-state index in [4.69, 9.17) is 14.1 Å². The molecule has 2 aromatic carbocycles. The number of hydrogen-bond acceptors (Lipinski definition) is 6. The molecule has 3 aromatic heterocycles. The molecule has 6 rings (SSSR count). The summed E-state index contributed by atoms with van der Waals surface area (Å²) in [6.07, 6.45) is 11.1. The van der Waals surface area contributed by atoms with Crippen LogP contribution in [0.4, 0.5) is 6.01 Å². The normalized spacial score (nSPS) is 16.0. The molecule has 8 nitrogen and oxygen atoms in total. The first-order valence-electron chi connectivity index (χ1n) is 14.6. The lowest BCUT2D eigenvalue weighted by Gasteiger charge is -2.38. The van der Waals surface area contributed by atoms with Crippen molar-refractivity contribution < 1.29 is 13.9 Å². The molecule has 5 aromatic rings. The highest BCUT2D eigenvalue weighted by Gasteiger charge is 2.40. The van der Waals surface area contributed by atoms with Crippen LogP contribution in [-0.4, -0.2) is 40.1 Å². The SMILES string of the molecule is COc1ccc(C2(CNC(=O)C(C)(Cc3c[nH]c4ccccc34)Nc3nc(-c4ccccc4)co3)CCCCC2)nc1. The van der Waals surface area contributed by atoms with Crippen LogP contribution in [0.1, 0.15) is 50.3 Å². The zero-order valence-corrected chi connectivity index (χ0v) is 24.2. The van der Waals surface area contributed by atoms with Gasteiger partial charge in [0.1, 0.15) is 23.2 Å². The number of aromatic amines is 1. The zero-order valence-electron chi connectivity index (χ0n) is 24.2. The number of nitrogens with one attached hydrogen (secondary N) is 3. The number of hydrogen-bond donors (Lipinski definition) is 3. The topological polar surface area (TPSA) is 105 Å². The van der Waals surface area contributed by atoms with Crippen LogP contribution >= 0.6 is 0 Å². The summed E-state index contributed by atoms with van der Waals surface area (Å²) in [5, 5.41) is 7.78. The van der Waals surface area contributed by atoms with Crippen LogP contribution < -0.4 is 15.4 Å². The highest BCUT2D eigenvalue weighted by molar-refractivity contribution is 5.91. The lowest BCUT2D eigenvalue weighted by Crippen LogP contribution is -2.55. The van der Waals surface area contributed by atoms with Crippen LogP contribution in [0.25, 0.3) is 22.2 Å². The monoisotopic (exact) mass is 563 g/mol. The molecule has 216 valence electrons. The molecule has 1 unspecified atom stereocenters. The third kappa shape index (κ3) is 5.62. The smallest absolute Gasteiger partial charge is 0.295 e. The standard InChI is InChI=1S/C34H37N5O3/c1-33(19-25-20-35-28-14-8-7-13-27(25)28,39-32-38-29(22-42-32)24-11-5-3-6-12-24)31(40)37-23-34(17-9-4-10-18-34)30-16-15-26(41-2)21-36-30/h3,5-8,11-16,20-22,35H,4,9-10,17-19,23H2,1-2H3,(H,37,40)(H,38,39). The van der Waals surface area contributed by atoms with Gasteiger partial charge in [-0.25, -0.2) is 0 Å². The van der Waals surface area contributed by atoms with Gasteiger partial charge in [0, 0.05) is 46.7 Å². The first kappa shape index (κ1) is 27.6. The molecule has 1 fully saturated rings. The van der Waals surface area contributed by atoms with E-state index in [1.807, 2.05) is 73.8 Å². The number of methoxy groups -OCH3 is 1. The summed E-state index contributed by atoms with van der Waals surface area (Å²) in [6, 6.07) is 22.3. The van der Waals surface area contributed by atoms with E-state index in [2.05, 4.69) is 26.7 Å². The minimum atomic E-state index is -1.05. The largest absolute Gasteiger partial charge is 0.495 e. The Hall–Kier alpha value is -4.59. The number of pyridine rings is 1. The average Bonchev–Trinajstić information content (AvgIpc) is 3.68. The molecule has 0 aliphatic heterocycles. The second kappa shape index (κ2) is 11.7. The molecule has 8 heteroatoms. The fourth-order valence-corrected chi connectivity index (χ4v) is 6.16. The van der Waals surface area contributed by atoms with Gasteiger partial charge in [-0.05, 0) is 43.5 Å². The third-order valence-electron chi connectivity index (χ3n) is 8.59. The molecule has 1 atom stereocenters. The van der Waals surface area contributed by atoms with Crippen molar-refractivity contribution in [3.05, 3.63) is 96.6 Å². The maximum Gasteiger partial charge on any atom is 0.295 e. The number of benzene rings is 2. The fraction of sp³-hybridized carbons (Fsp3) is 0.324. The second-order valence-electron chi connectivity index (χ2n) is 11.5. The van der Waals surface area contributed by atoms with Gasteiger partial charge in [-0.3, -0.25) is 9.78 Å². The Balaban J connectivity index is 1.28. The highest BCUT2D eigenvalue weighted by Crippen LogP contribution is 2.39. The lowest BCUT2D eigenvalue weighted by molar-refractivity contribution is -0.125. The third-order valence-corrected chi connectivity index (χ3v) is 8.59. The van der Waals surface area contributed by atoms with Crippen molar-refractivity contribution in [3.63, 3.8) is 0 Å². The number of rotatable bonds is 10. The minimum absolute atomic E-state index is 0.120. The summed E-state index contributed by atoms with van der Waals surface area (Å²) in [5.41, 5.74) is 3.44. The van der Waals surface area contributed by atoms with E-state index in [0.717, 1.165) is 59.2 Å². The summed E-state index contributed by atoms with van der Waals surface area (Å²) >= 11 is 0. The Morgan fingerprint density at radius 3 is 2.60 bits per heavy atom. The molecule has 42 heavy (non-hydrogen) atoms. The number of amides is 1. The number of nitrogens with zero attached hydrogens (tertiary/aromatic N) is 2. The maximum absolute atomic E-state index is 14.2. The lowest BCUT2D eigenvalue weighted by atomic mass is 9.71. The van der Waals surface area contributed by atoms with Crippen LogP contribution in [-0.2, 0) is 16.6 Å². The van der Waals surface area contributed by atoms with Crippen molar-refractivity contribution in [1.82, 2.24) is 20.3 Å². The molecule has 0 spiro atoms. The van der Waals surface area contributed by atoms with E-state index in [0.29, 0.717) is 24.7 Å². The van der Waals surface area contributed by atoms with Gasteiger partial charge < -0.3 is 24.8 Å². The molecule has 0 saturated heterocycles. The molecular formula is C34H37N5O3. The number of aromatic nitrogens is 3. The summed E-state index contributed by atoms with van der Waals surface area (Å²) in [7, 11) is 1.64. The predicted molar refractivity (Wildman–Crippen MR) is 165 cm³/mol. The summed E-state index contributed by atoms with van der Waals surface area (Å²) in [6.45, 7) is 2.41. The number of carbonyl (C=O) groups is 1. The van der Waals surface area contributed by atoms with Gasteiger partial charge in [0.15, 0.2) is 0 Å². The summed E-state index contributed by atoms with van der Waals surface area (Å²) < 4.78 is 11.2. The van der Waals surface area contributed by atoms with Gasteiger partial charge in [-0.15, -0.1) is 0 Å². The van der Waals surface area contributed by atoms with E-state index >= 15 is 0 Å². The summed E-state index contributed by atoms with van der Waals surface area (Å²) in [4.78, 5) is 27.0. The zero-order chi connectivity index (χ0) is 29.0. The fourth-order valence-electron chi connectivity index (χ4n) is 6.16. The quantitative estimate of drug-likeness (QED) is 0.176. The van der Waals surface area contributed by atoms with Crippen LogP contribution in [0.3, 0.4) is 0 Å². The molecule has 1 amide bonds. The molecule has 1 aliphatic rings. The average molecular weight is 564 g/mol. The van der Waals surface area contributed by atoms with Gasteiger partial charge in [0.25, 0.3) is 6.01 Å². The van der Waals surface area contributed by atoms with Crippen molar-refractivity contribution in [3.8, 4) is 17.0 Å². The predicted octanol–water partition coefficient (Wildman–Crippen LogP) is 6.66. The van der Waals surface area contributed by atoms with Gasteiger partial charge in [-0.2, -0.15) is 4.98 Å². The molecule has 0 radical (unpaired) electrons. The molecule has 1 aliphatic carbocycles. The van der Waals surface area contributed by atoms with Crippen LogP contribution in [0.5, 0.6) is 5.75 Å². The van der Waals surface area contributed by atoms with Crippen LogP contribution in [0.15, 0.2) is 89.8 Å². The Morgan fingerprint density at radius 2 is 1.83 bits per heavy atom. The Kier molecular flexibility index (Phi) is 7.69. The van der Waals surface area contributed by atoms with Crippen LogP contribution in [0, 0.1) is 0 Å². The first-order chi connectivity index (χ1) is 20.5. The number of ether oxygens (including phenoxy) is 1. The Labute approximate surface area is 245 Å². The Morgan fingerprint density at radius 1 is 1.05 bits per heavy atom. The van der Waals surface area contributed by atoms with E-state index in [9.17, 15) is 4.79 Å². The van der Waals surface area contributed by atoms with Gasteiger partial charge in [0.05, 0.1) is 13.3 Å². The number of carbonyl (C=O) groups excluding carboxylic acids is 1. The van der Waals surface area contributed by atoms with Gasteiger partial charge in [0.2, 0.25) is 5.91 Å². The molecule has 1 saturated carbocycles. The van der Waals surface area contributed by atoms with E-state index in [1.165, 1.54) is 6.42 Å². The second-order valence-corrected chi connectivity index (χ2v) is 11.5. The number of anilines is 1. The minimum Gasteiger partial charge on any atom is -0.495 e. The summed E-state index contributed by atoms with van der Waals surface area (Å²) in [5.74, 6) is 0.607. The Bertz CT molecular complexity index is 1640. The molecular weight excluding hydrogens is 526 g/mol. The highest BCUT2D eigenvalue weighted by atomic mass is 16.5. The van der Waals surface area contributed by atoms with Crippen molar-refractivity contribution in [2.24, 2.45) is 0 Å².